The fraction of sp³-hybridized carbons (Fsp3) is 0.250. The number of nitrogens with one attached hydrogen (secondary N) is 1. The van der Waals surface area contributed by atoms with Crippen molar-refractivity contribution in [3.63, 3.8) is 0 Å². The predicted octanol–water partition coefficient (Wildman–Crippen LogP) is 1.75. The highest BCUT2D eigenvalue weighted by Crippen LogP contribution is 2.11. The molecule has 0 aromatic heterocycles. The van der Waals surface area contributed by atoms with Crippen molar-refractivity contribution >= 4 is 5.91 Å². The molecule has 4 heteroatoms. The van der Waals surface area contributed by atoms with E-state index in [0.29, 0.717) is 25.3 Å². The zero-order chi connectivity index (χ0) is 11.4. The van der Waals surface area contributed by atoms with Gasteiger partial charge in [-0.15, -0.1) is 0 Å². The molecule has 0 saturated heterocycles. The van der Waals surface area contributed by atoms with Crippen molar-refractivity contribution in [2.45, 2.75) is 13.0 Å². The minimum absolute atomic E-state index is 0.125. The highest BCUT2D eigenvalue weighted by Gasteiger charge is 2.09. The molecule has 1 N–H and O–H groups in total. The summed E-state index contributed by atoms with van der Waals surface area (Å²) in [5.74, 6) is 0.286. The summed E-state index contributed by atoms with van der Waals surface area (Å²) in [4.78, 5) is 11.0. The molecule has 1 aliphatic heterocycles. The van der Waals surface area contributed by atoms with Crippen LogP contribution in [0.25, 0.3) is 0 Å². The van der Waals surface area contributed by atoms with E-state index >= 15 is 0 Å². The van der Waals surface area contributed by atoms with Crippen molar-refractivity contribution in [2.75, 3.05) is 6.54 Å². The first-order valence-electron chi connectivity index (χ1n) is 5.10. The van der Waals surface area contributed by atoms with E-state index in [1.807, 2.05) is 0 Å². The molecule has 0 unspecified atom stereocenters. The van der Waals surface area contributed by atoms with E-state index in [4.69, 9.17) is 4.74 Å². The molecule has 1 aromatic rings. The summed E-state index contributed by atoms with van der Waals surface area (Å²) in [5.41, 5.74) is 0.883. The molecule has 3 nitrogen and oxygen atoms in total. The summed E-state index contributed by atoms with van der Waals surface area (Å²) < 4.78 is 18.1. The van der Waals surface area contributed by atoms with Crippen LogP contribution in [-0.2, 0) is 16.1 Å². The molecule has 0 bridgehead atoms. The first-order valence-corrected chi connectivity index (χ1v) is 5.10. The lowest BCUT2D eigenvalue weighted by Crippen LogP contribution is -2.27. The molecule has 0 atom stereocenters. The van der Waals surface area contributed by atoms with E-state index in [-0.39, 0.29) is 11.7 Å². The number of carbonyl (C=O) groups is 1. The highest BCUT2D eigenvalue weighted by atomic mass is 19.1. The van der Waals surface area contributed by atoms with Crippen LogP contribution in [0.1, 0.15) is 12.0 Å². The lowest BCUT2D eigenvalue weighted by Gasteiger charge is -2.14. The van der Waals surface area contributed by atoms with Crippen molar-refractivity contribution in [2.24, 2.45) is 0 Å². The molecule has 1 aromatic carbocycles. The molecule has 0 fully saturated rings. The van der Waals surface area contributed by atoms with Gasteiger partial charge in [0.15, 0.2) is 0 Å². The van der Waals surface area contributed by atoms with Gasteiger partial charge in [0.25, 0.3) is 0 Å². The summed E-state index contributed by atoms with van der Waals surface area (Å²) >= 11 is 0. The Kier molecular flexibility index (Phi) is 3.19. The Hall–Kier alpha value is -1.84. The van der Waals surface area contributed by atoms with Gasteiger partial charge in [-0.2, -0.15) is 0 Å². The first-order chi connectivity index (χ1) is 7.74. The number of hydrogen-bond acceptors (Lipinski definition) is 2. The van der Waals surface area contributed by atoms with E-state index in [0.717, 1.165) is 5.56 Å². The molecule has 16 heavy (non-hydrogen) atoms. The molecule has 2 rings (SSSR count). The van der Waals surface area contributed by atoms with Gasteiger partial charge in [-0.25, -0.2) is 4.39 Å². The molecular weight excluding hydrogens is 209 g/mol. The van der Waals surface area contributed by atoms with Gasteiger partial charge in [0.2, 0.25) is 5.91 Å². The molecule has 1 amide bonds. The van der Waals surface area contributed by atoms with Crippen molar-refractivity contribution in [1.82, 2.24) is 5.32 Å². The van der Waals surface area contributed by atoms with E-state index in [1.165, 1.54) is 18.2 Å². The fourth-order valence-electron chi connectivity index (χ4n) is 1.45. The third-order valence-corrected chi connectivity index (χ3v) is 2.30. The van der Waals surface area contributed by atoms with E-state index in [9.17, 15) is 9.18 Å². The van der Waals surface area contributed by atoms with Crippen LogP contribution in [0.5, 0.6) is 0 Å². The van der Waals surface area contributed by atoms with Crippen molar-refractivity contribution < 1.29 is 13.9 Å². The van der Waals surface area contributed by atoms with E-state index in [2.05, 4.69) is 5.32 Å². The number of hydrogen-bond donors (Lipinski definition) is 1. The zero-order valence-corrected chi connectivity index (χ0v) is 8.70. The lowest BCUT2D eigenvalue weighted by molar-refractivity contribution is -0.117. The smallest absolute Gasteiger partial charge is 0.247 e. The number of amides is 1. The van der Waals surface area contributed by atoms with Crippen LogP contribution in [0.4, 0.5) is 4.39 Å². The SMILES string of the molecule is O=C1C=C(OCc2ccc(F)cc2)CCN1. The largest absolute Gasteiger partial charge is 0.493 e. The lowest BCUT2D eigenvalue weighted by atomic mass is 10.2. The number of ether oxygens (including phenoxy) is 1. The Morgan fingerprint density at radius 3 is 2.75 bits per heavy atom. The van der Waals surface area contributed by atoms with Crippen LogP contribution in [0.2, 0.25) is 0 Å². The summed E-state index contributed by atoms with van der Waals surface area (Å²) in [6.45, 7) is 0.966. The molecule has 0 spiro atoms. The number of benzene rings is 1. The second-order valence-electron chi connectivity index (χ2n) is 3.57. The second kappa shape index (κ2) is 4.79. The zero-order valence-electron chi connectivity index (χ0n) is 8.70. The van der Waals surface area contributed by atoms with Gasteiger partial charge in [0.05, 0.1) is 0 Å². The van der Waals surface area contributed by atoms with Crippen LogP contribution in [0, 0.1) is 5.82 Å². The molecule has 0 aliphatic carbocycles. The van der Waals surface area contributed by atoms with E-state index < -0.39 is 0 Å². The van der Waals surface area contributed by atoms with Crippen LogP contribution in [-0.4, -0.2) is 12.5 Å². The molecule has 1 heterocycles. The first kappa shape index (κ1) is 10.7. The summed E-state index contributed by atoms with van der Waals surface area (Å²) in [5, 5.41) is 2.67. The third-order valence-electron chi connectivity index (χ3n) is 2.30. The highest BCUT2D eigenvalue weighted by molar-refractivity contribution is 5.88. The number of rotatable bonds is 3. The topological polar surface area (TPSA) is 38.3 Å². The van der Waals surface area contributed by atoms with Gasteiger partial charge in [-0.1, -0.05) is 12.1 Å². The Morgan fingerprint density at radius 2 is 2.06 bits per heavy atom. The van der Waals surface area contributed by atoms with E-state index in [1.54, 1.807) is 12.1 Å². The maximum Gasteiger partial charge on any atom is 0.247 e. The third kappa shape index (κ3) is 2.82. The molecule has 0 saturated carbocycles. The van der Waals surface area contributed by atoms with Gasteiger partial charge in [0, 0.05) is 19.0 Å². The number of halogens is 1. The Labute approximate surface area is 92.9 Å². The summed E-state index contributed by atoms with van der Waals surface area (Å²) in [7, 11) is 0. The molecule has 0 radical (unpaired) electrons. The van der Waals surface area contributed by atoms with Crippen LogP contribution >= 0.6 is 0 Å². The molecule has 84 valence electrons. The van der Waals surface area contributed by atoms with Crippen LogP contribution < -0.4 is 5.32 Å². The standard InChI is InChI=1S/C12H12FNO2/c13-10-3-1-9(2-4-10)8-16-11-5-6-14-12(15)7-11/h1-4,7H,5-6,8H2,(H,14,15). The minimum atomic E-state index is -0.264. The maximum absolute atomic E-state index is 12.6. The van der Waals surface area contributed by atoms with Gasteiger partial charge in [-0.3, -0.25) is 4.79 Å². The van der Waals surface area contributed by atoms with Gasteiger partial charge in [0.1, 0.15) is 18.2 Å². The Bertz CT molecular complexity index is 412. The maximum atomic E-state index is 12.6. The van der Waals surface area contributed by atoms with Gasteiger partial charge >= 0.3 is 0 Å². The minimum Gasteiger partial charge on any atom is -0.493 e. The molecular formula is C12H12FNO2. The van der Waals surface area contributed by atoms with Gasteiger partial charge in [-0.05, 0) is 17.7 Å². The van der Waals surface area contributed by atoms with Crippen LogP contribution in [0.15, 0.2) is 36.1 Å². The monoisotopic (exact) mass is 221 g/mol. The van der Waals surface area contributed by atoms with Crippen molar-refractivity contribution in [3.8, 4) is 0 Å². The van der Waals surface area contributed by atoms with Crippen molar-refractivity contribution in [3.05, 3.63) is 47.5 Å². The van der Waals surface area contributed by atoms with Gasteiger partial charge < -0.3 is 10.1 Å². The quantitative estimate of drug-likeness (QED) is 0.844. The normalized spacial score (nSPS) is 15.3. The van der Waals surface area contributed by atoms with Crippen LogP contribution in [0.3, 0.4) is 0 Å². The average molecular weight is 221 g/mol. The predicted molar refractivity (Wildman–Crippen MR) is 56.9 cm³/mol. The number of carbonyl (C=O) groups excluding carboxylic acids is 1. The second-order valence-corrected chi connectivity index (χ2v) is 3.57. The van der Waals surface area contributed by atoms with Crippen molar-refractivity contribution in [1.29, 1.82) is 0 Å². The summed E-state index contributed by atoms with van der Waals surface area (Å²) in [6, 6.07) is 6.11. The molecule has 1 aliphatic rings. The average Bonchev–Trinajstić information content (AvgIpc) is 2.28. The Balaban J connectivity index is 1.92. The fourth-order valence-corrected chi connectivity index (χ4v) is 1.45. The summed E-state index contributed by atoms with van der Waals surface area (Å²) in [6.07, 6.45) is 2.15. The Morgan fingerprint density at radius 1 is 1.31 bits per heavy atom.